The van der Waals surface area contributed by atoms with Gasteiger partial charge < -0.3 is 5.32 Å². The van der Waals surface area contributed by atoms with Gasteiger partial charge in [0.1, 0.15) is 5.69 Å². The van der Waals surface area contributed by atoms with E-state index in [2.05, 4.69) is 15.3 Å². The van der Waals surface area contributed by atoms with Crippen LogP contribution in [-0.2, 0) is 6.54 Å². The van der Waals surface area contributed by atoms with Crippen molar-refractivity contribution in [1.29, 1.82) is 0 Å². The molecule has 1 aliphatic heterocycles. The van der Waals surface area contributed by atoms with Gasteiger partial charge in [0.05, 0.1) is 6.04 Å². The monoisotopic (exact) mass is 388 g/mol. The lowest BCUT2D eigenvalue weighted by molar-refractivity contribution is 0.0930. The highest BCUT2D eigenvalue weighted by molar-refractivity contribution is 6.31. The first-order valence-corrected chi connectivity index (χ1v) is 9.82. The molecule has 0 spiro atoms. The van der Waals surface area contributed by atoms with Crippen LogP contribution >= 0.6 is 11.6 Å². The number of nitrogens with one attached hydrogen (secondary N) is 1. The maximum atomic E-state index is 12.6. The molecule has 1 fully saturated rings. The van der Waals surface area contributed by atoms with Crippen LogP contribution in [0.15, 0.2) is 41.2 Å². The van der Waals surface area contributed by atoms with Crippen molar-refractivity contribution in [2.45, 2.75) is 38.8 Å². The van der Waals surface area contributed by atoms with E-state index in [1.807, 2.05) is 31.2 Å². The maximum absolute atomic E-state index is 12.6. The molecule has 0 radical (unpaired) electrons. The minimum Gasteiger partial charge on any atom is -0.349 e. The molecular weight excluding hydrogens is 364 g/mol. The summed E-state index contributed by atoms with van der Waals surface area (Å²) in [6.45, 7) is 4.88. The van der Waals surface area contributed by atoms with Crippen molar-refractivity contribution in [3.05, 3.63) is 63.0 Å². The second-order valence-electron chi connectivity index (χ2n) is 6.77. The van der Waals surface area contributed by atoms with Gasteiger partial charge in [0, 0.05) is 24.2 Å². The predicted octanol–water partition coefficient (Wildman–Crippen LogP) is 2.87. The van der Waals surface area contributed by atoms with E-state index < -0.39 is 0 Å². The summed E-state index contributed by atoms with van der Waals surface area (Å²) in [4.78, 5) is 26.8. The van der Waals surface area contributed by atoms with Crippen LogP contribution in [0.2, 0.25) is 5.02 Å². The van der Waals surface area contributed by atoms with Crippen LogP contribution in [0.5, 0.6) is 0 Å². The number of hydrogen-bond donors (Lipinski definition) is 1. The van der Waals surface area contributed by atoms with E-state index >= 15 is 0 Å². The highest BCUT2D eigenvalue weighted by atomic mass is 35.5. The topological polar surface area (TPSA) is 67.2 Å². The van der Waals surface area contributed by atoms with Crippen LogP contribution in [-0.4, -0.2) is 40.2 Å². The minimum absolute atomic E-state index is 0.0201. The Labute approximate surface area is 164 Å². The number of nitrogens with zero attached hydrogens (tertiary/aromatic N) is 3. The summed E-state index contributed by atoms with van der Waals surface area (Å²) in [5, 5.41) is 7.86. The molecule has 1 aromatic carbocycles. The Morgan fingerprint density at radius 3 is 2.67 bits per heavy atom. The molecule has 1 N–H and O–H groups in total. The van der Waals surface area contributed by atoms with Gasteiger partial charge in [-0.25, -0.2) is 4.68 Å². The van der Waals surface area contributed by atoms with Gasteiger partial charge in [-0.1, -0.05) is 36.7 Å². The van der Waals surface area contributed by atoms with Gasteiger partial charge in [0.2, 0.25) is 0 Å². The number of carbonyl (C=O) groups is 1. The second-order valence-corrected chi connectivity index (χ2v) is 7.18. The van der Waals surface area contributed by atoms with Gasteiger partial charge in [-0.15, -0.1) is 0 Å². The van der Waals surface area contributed by atoms with E-state index in [4.69, 9.17) is 11.6 Å². The average molecular weight is 389 g/mol. The number of aromatic nitrogens is 2. The summed E-state index contributed by atoms with van der Waals surface area (Å²) < 4.78 is 1.33. The zero-order valence-electron chi connectivity index (χ0n) is 15.5. The van der Waals surface area contributed by atoms with Gasteiger partial charge >= 0.3 is 0 Å². The van der Waals surface area contributed by atoms with E-state index in [0.717, 1.165) is 37.9 Å². The van der Waals surface area contributed by atoms with Crippen LogP contribution in [0.1, 0.15) is 48.3 Å². The molecule has 1 aromatic heterocycles. The fraction of sp³-hybridized carbons (Fsp3) is 0.450. The lowest BCUT2D eigenvalue weighted by Gasteiger charge is -2.28. The largest absolute Gasteiger partial charge is 0.349 e. The van der Waals surface area contributed by atoms with Gasteiger partial charge in [-0.05, 0) is 50.0 Å². The van der Waals surface area contributed by atoms with Gasteiger partial charge in [-0.3, -0.25) is 14.5 Å². The van der Waals surface area contributed by atoms with Crippen molar-refractivity contribution in [2.24, 2.45) is 0 Å². The van der Waals surface area contributed by atoms with E-state index in [-0.39, 0.29) is 23.2 Å². The fourth-order valence-corrected chi connectivity index (χ4v) is 3.72. The zero-order valence-corrected chi connectivity index (χ0v) is 16.3. The Balaban J connectivity index is 1.75. The number of likely N-dealkylation sites (tertiary alicyclic amines) is 1. The lowest BCUT2D eigenvalue weighted by Crippen LogP contribution is -2.38. The molecule has 2 aromatic rings. The molecule has 6 nitrogen and oxygen atoms in total. The maximum Gasteiger partial charge on any atom is 0.271 e. The van der Waals surface area contributed by atoms with Gasteiger partial charge in [0.15, 0.2) is 0 Å². The van der Waals surface area contributed by atoms with Crippen molar-refractivity contribution < 1.29 is 4.79 Å². The van der Waals surface area contributed by atoms with Crippen LogP contribution < -0.4 is 10.9 Å². The smallest absolute Gasteiger partial charge is 0.271 e. The summed E-state index contributed by atoms with van der Waals surface area (Å²) in [6, 6.07) is 10.7. The molecule has 0 saturated carbocycles. The Hall–Kier alpha value is -2.18. The molecule has 27 heavy (non-hydrogen) atoms. The molecule has 0 aliphatic carbocycles. The minimum atomic E-state index is -0.281. The number of halogens is 1. The third-order valence-electron chi connectivity index (χ3n) is 4.84. The van der Waals surface area contributed by atoms with Crippen molar-refractivity contribution in [3.63, 3.8) is 0 Å². The molecule has 1 atom stereocenters. The lowest BCUT2D eigenvalue weighted by atomic mass is 10.1. The number of rotatable bonds is 7. The summed E-state index contributed by atoms with van der Waals surface area (Å²) in [5.74, 6) is -0.281. The summed E-state index contributed by atoms with van der Waals surface area (Å²) in [6.07, 6.45) is 3.08. The number of aryl methyl sites for hydroxylation is 1. The van der Waals surface area contributed by atoms with E-state index in [1.165, 1.54) is 16.8 Å². The molecule has 1 saturated heterocycles. The Morgan fingerprint density at radius 2 is 1.96 bits per heavy atom. The van der Waals surface area contributed by atoms with Crippen LogP contribution in [0.3, 0.4) is 0 Å². The third kappa shape index (κ3) is 4.76. The molecular formula is C20H25ClN4O2. The van der Waals surface area contributed by atoms with E-state index in [9.17, 15) is 9.59 Å². The van der Waals surface area contributed by atoms with Crippen molar-refractivity contribution in [1.82, 2.24) is 20.0 Å². The van der Waals surface area contributed by atoms with Gasteiger partial charge in [-0.2, -0.15) is 5.10 Å². The summed E-state index contributed by atoms with van der Waals surface area (Å²) in [7, 11) is 0. The Morgan fingerprint density at radius 1 is 1.22 bits per heavy atom. The van der Waals surface area contributed by atoms with Crippen LogP contribution in [0.4, 0.5) is 0 Å². The summed E-state index contributed by atoms with van der Waals surface area (Å²) in [5.41, 5.74) is 1.08. The van der Waals surface area contributed by atoms with Crippen molar-refractivity contribution in [3.8, 4) is 0 Å². The van der Waals surface area contributed by atoms with Crippen molar-refractivity contribution in [2.75, 3.05) is 19.6 Å². The number of amides is 1. The second kappa shape index (κ2) is 9.15. The zero-order chi connectivity index (χ0) is 19.2. The quantitative estimate of drug-likeness (QED) is 0.792. The molecule has 0 bridgehead atoms. The van der Waals surface area contributed by atoms with E-state index in [0.29, 0.717) is 18.1 Å². The first-order chi connectivity index (χ1) is 13.1. The van der Waals surface area contributed by atoms with Crippen LogP contribution in [0, 0.1) is 0 Å². The average Bonchev–Trinajstić information content (AvgIpc) is 3.19. The molecule has 7 heteroatoms. The first-order valence-electron chi connectivity index (χ1n) is 9.45. The third-order valence-corrected chi connectivity index (χ3v) is 5.18. The fourth-order valence-electron chi connectivity index (χ4n) is 3.46. The Bertz CT molecular complexity index is 846. The number of carbonyl (C=O) groups excluding carboxylic acids is 1. The highest BCUT2D eigenvalue weighted by Crippen LogP contribution is 2.29. The number of benzene rings is 1. The van der Waals surface area contributed by atoms with Gasteiger partial charge in [0.25, 0.3) is 11.5 Å². The van der Waals surface area contributed by atoms with Crippen molar-refractivity contribution >= 4 is 17.5 Å². The van der Waals surface area contributed by atoms with E-state index in [1.54, 1.807) is 0 Å². The molecule has 1 unspecified atom stereocenters. The normalized spacial score (nSPS) is 15.6. The Kier molecular flexibility index (Phi) is 6.63. The number of hydrogen-bond acceptors (Lipinski definition) is 4. The SMILES string of the molecule is CCCn1nc(C(=O)NCC(c2ccccc2Cl)N2CCCC2)ccc1=O. The summed E-state index contributed by atoms with van der Waals surface area (Å²) >= 11 is 6.41. The molecule has 1 aliphatic rings. The molecule has 144 valence electrons. The standard InChI is InChI=1S/C20H25ClN4O2/c1-2-11-25-19(26)10-9-17(23-25)20(27)22-14-18(24-12-5-6-13-24)15-7-3-4-8-16(15)21/h3-4,7-10,18H,2,5-6,11-14H2,1H3,(H,22,27). The predicted molar refractivity (Wildman–Crippen MR) is 106 cm³/mol. The molecule has 2 heterocycles. The van der Waals surface area contributed by atoms with Crippen LogP contribution in [0.25, 0.3) is 0 Å². The first kappa shape index (κ1) is 19.6. The highest BCUT2D eigenvalue weighted by Gasteiger charge is 2.25. The molecule has 1 amide bonds. The molecule has 3 rings (SSSR count).